The fourth-order valence-electron chi connectivity index (χ4n) is 3.05. The molecule has 0 spiro atoms. The van der Waals surface area contributed by atoms with E-state index in [0.29, 0.717) is 13.0 Å². The summed E-state index contributed by atoms with van der Waals surface area (Å²) in [7, 11) is 0. The maximum atomic E-state index is 10.3. The summed E-state index contributed by atoms with van der Waals surface area (Å²) in [5.41, 5.74) is 10.5. The van der Waals surface area contributed by atoms with E-state index in [4.69, 9.17) is 10.8 Å². The highest BCUT2D eigenvalue weighted by atomic mass is 16.4. The quantitative estimate of drug-likeness (QED) is 0.326. The van der Waals surface area contributed by atoms with E-state index in [1.54, 1.807) is 6.08 Å². The Morgan fingerprint density at radius 3 is 2.32 bits per heavy atom. The van der Waals surface area contributed by atoms with Gasteiger partial charge in [-0.25, -0.2) is 0 Å². The van der Waals surface area contributed by atoms with Crippen molar-refractivity contribution in [3.05, 3.63) is 58.7 Å². The van der Waals surface area contributed by atoms with E-state index < -0.39 is 5.97 Å². The van der Waals surface area contributed by atoms with Gasteiger partial charge in [0.1, 0.15) is 6.29 Å². The molecule has 28 heavy (non-hydrogen) atoms. The van der Waals surface area contributed by atoms with Crippen molar-refractivity contribution in [2.45, 2.75) is 66.7 Å². The lowest BCUT2D eigenvalue weighted by Crippen LogP contribution is -2.19. The summed E-state index contributed by atoms with van der Waals surface area (Å²) < 4.78 is 0. The van der Waals surface area contributed by atoms with Crippen molar-refractivity contribution in [2.24, 2.45) is 11.1 Å². The van der Waals surface area contributed by atoms with Crippen LogP contribution in [0.3, 0.4) is 0 Å². The normalized spacial score (nSPS) is 17.6. The second-order valence-electron chi connectivity index (χ2n) is 7.87. The first-order valence-corrected chi connectivity index (χ1v) is 9.91. The third-order valence-electron chi connectivity index (χ3n) is 4.70. The number of carbonyl (C=O) groups is 2. The van der Waals surface area contributed by atoms with Crippen molar-refractivity contribution < 1.29 is 14.7 Å². The second-order valence-corrected chi connectivity index (χ2v) is 7.87. The molecule has 0 aliphatic heterocycles. The monoisotopic (exact) mass is 387 g/mol. The molecule has 0 fully saturated rings. The summed E-state index contributed by atoms with van der Waals surface area (Å²) in [5, 5.41) is 7.99. The number of hydrogen-bond donors (Lipinski definition) is 2. The summed E-state index contributed by atoms with van der Waals surface area (Å²) in [4.78, 5) is 20.0. The van der Waals surface area contributed by atoms with Gasteiger partial charge in [0.05, 0.1) is 0 Å². The molecule has 1 aliphatic carbocycles. The average molecular weight is 388 g/mol. The van der Waals surface area contributed by atoms with Crippen molar-refractivity contribution in [1.29, 1.82) is 0 Å². The molecule has 0 atom stereocenters. The van der Waals surface area contributed by atoms with Gasteiger partial charge in [0, 0.05) is 6.42 Å². The zero-order valence-corrected chi connectivity index (χ0v) is 18.1. The molecule has 0 saturated heterocycles. The van der Waals surface area contributed by atoms with E-state index >= 15 is 0 Å². The summed E-state index contributed by atoms with van der Waals surface area (Å²) in [6.45, 7) is 11.4. The van der Waals surface area contributed by atoms with Gasteiger partial charge in [0.2, 0.25) is 0 Å². The van der Waals surface area contributed by atoms with Crippen molar-refractivity contribution >= 4 is 12.3 Å². The van der Waals surface area contributed by atoms with Gasteiger partial charge in [-0.15, -0.1) is 0 Å². The van der Waals surface area contributed by atoms with Gasteiger partial charge in [-0.2, -0.15) is 0 Å². The lowest BCUT2D eigenvalue weighted by molar-refractivity contribution is -0.137. The predicted molar refractivity (Wildman–Crippen MR) is 118 cm³/mol. The molecule has 0 aromatic carbocycles. The Balaban J connectivity index is 0.000000887. The van der Waals surface area contributed by atoms with Crippen LogP contribution in [0, 0.1) is 5.41 Å². The molecule has 0 bridgehead atoms. The van der Waals surface area contributed by atoms with E-state index in [0.717, 1.165) is 11.9 Å². The molecule has 1 rings (SSSR count). The van der Waals surface area contributed by atoms with Gasteiger partial charge in [-0.05, 0) is 75.6 Å². The maximum Gasteiger partial charge on any atom is 0.303 e. The van der Waals surface area contributed by atoms with Gasteiger partial charge in [-0.3, -0.25) is 9.59 Å². The Morgan fingerprint density at radius 1 is 1.18 bits per heavy atom. The van der Waals surface area contributed by atoms with Crippen LogP contribution in [0.2, 0.25) is 0 Å². The second kappa shape index (κ2) is 13.9. The van der Waals surface area contributed by atoms with Gasteiger partial charge in [0.15, 0.2) is 0 Å². The summed E-state index contributed by atoms with van der Waals surface area (Å²) in [5.74, 6) is -0.773. The molecule has 4 heteroatoms. The molecule has 0 radical (unpaired) electrons. The van der Waals surface area contributed by atoms with Crippen molar-refractivity contribution in [1.82, 2.24) is 0 Å². The minimum atomic E-state index is -0.773. The van der Waals surface area contributed by atoms with Crippen LogP contribution >= 0.6 is 0 Å². The minimum Gasteiger partial charge on any atom is -0.481 e. The lowest BCUT2D eigenvalue weighted by Gasteiger charge is -2.32. The molecule has 0 aromatic rings. The summed E-state index contributed by atoms with van der Waals surface area (Å²) in [6.07, 6.45) is 17.4. The molecule has 0 aromatic heterocycles. The van der Waals surface area contributed by atoms with Crippen LogP contribution in [0.25, 0.3) is 0 Å². The third kappa shape index (κ3) is 11.5. The molecule has 3 N–H and O–H groups in total. The van der Waals surface area contributed by atoms with Crippen LogP contribution in [0.15, 0.2) is 58.7 Å². The van der Waals surface area contributed by atoms with Crippen molar-refractivity contribution in [3.63, 3.8) is 0 Å². The van der Waals surface area contributed by atoms with Crippen LogP contribution in [-0.4, -0.2) is 23.9 Å². The fraction of sp³-hybridized carbons (Fsp3) is 0.500. The number of aldehydes is 1. The fourth-order valence-corrected chi connectivity index (χ4v) is 3.05. The van der Waals surface area contributed by atoms with Crippen LogP contribution in [0.1, 0.15) is 66.7 Å². The van der Waals surface area contributed by atoms with Crippen LogP contribution in [-0.2, 0) is 9.59 Å². The molecule has 1 aliphatic rings. The summed E-state index contributed by atoms with van der Waals surface area (Å²) in [6, 6.07) is 0. The van der Waals surface area contributed by atoms with Gasteiger partial charge in [0.25, 0.3) is 0 Å². The molecule has 0 heterocycles. The molecule has 0 unspecified atom stereocenters. The van der Waals surface area contributed by atoms with E-state index in [1.807, 2.05) is 19.1 Å². The Labute approximate surface area is 170 Å². The predicted octanol–water partition coefficient (Wildman–Crippen LogP) is 5.53. The van der Waals surface area contributed by atoms with Crippen molar-refractivity contribution in [2.75, 3.05) is 6.54 Å². The average Bonchev–Trinajstić information content (AvgIpc) is 2.59. The van der Waals surface area contributed by atoms with E-state index in [2.05, 4.69) is 45.9 Å². The number of allylic oxidation sites excluding steroid dienone is 10. The largest absolute Gasteiger partial charge is 0.481 e. The highest BCUT2D eigenvalue weighted by Crippen LogP contribution is 2.40. The van der Waals surface area contributed by atoms with Crippen molar-refractivity contribution in [3.8, 4) is 0 Å². The van der Waals surface area contributed by atoms with Crippen LogP contribution in [0.4, 0.5) is 0 Å². The maximum absolute atomic E-state index is 10.3. The number of carboxylic acids is 1. The highest BCUT2D eigenvalue weighted by Gasteiger charge is 2.26. The van der Waals surface area contributed by atoms with Gasteiger partial charge >= 0.3 is 5.97 Å². The molecular weight excluding hydrogens is 350 g/mol. The summed E-state index contributed by atoms with van der Waals surface area (Å²) >= 11 is 0. The van der Waals surface area contributed by atoms with E-state index in [1.165, 1.54) is 36.0 Å². The van der Waals surface area contributed by atoms with Crippen LogP contribution in [0.5, 0.6) is 0 Å². The van der Waals surface area contributed by atoms with Gasteiger partial charge < -0.3 is 10.8 Å². The Kier molecular flexibility index (Phi) is 12.8. The van der Waals surface area contributed by atoms with E-state index in [-0.39, 0.29) is 11.8 Å². The molecular formula is C24H37NO3. The lowest BCUT2D eigenvalue weighted by atomic mass is 9.72. The number of hydrogen-bond acceptors (Lipinski definition) is 3. The number of nitrogens with two attached hydrogens (primary N) is 1. The van der Waals surface area contributed by atoms with E-state index in [9.17, 15) is 9.59 Å². The SMILES string of the molecule is CC(C=CC=C(C)C=CC1=C(C)CCCC1(C)C)=CC=O.NCCCC(=O)O. The Bertz CT molecular complexity index is 661. The Hall–Kier alpha value is -2.20. The number of carboxylic acid groups (broad SMARTS) is 1. The number of carbonyl (C=O) groups excluding carboxylic acids is 1. The standard InChI is InChI=1S/C20H28O.C4H9NO2/c1-16(8-6-9-17(2)13-15-21)11-12-19-18(3)10-7-14-20(19,4)5;5-3-1-2-4(6)7/h6,8-9,11-13,15H,7,10,14H2,1-5H3;1-3,5H2,(H,6,7). The first kappa shape index (κ1) is 25.8. The smallest absolute Gasteiger partial charge is 0.303 e. The third-order valence-corrected chi connectivity index (χ3v) is 4.70. The first-order chi connectivity index (χ1) is 13.1. The first-order valence-electron chi connectivity index (χ1n) is 9.91. The number of rotatable bonds is 8. The molecule has 0 amide bonds. The zero-order chi connectivity index (χ0) is 21.6. The topological polar surface area (TPSA) is 80.4 Å². The van der Waals surface area contributed by atoms with Crippen LogP contribution < -0.4 is 5.73 Å². The number of aliphatic carboxylic acids is 1. The molecule has 0 saturated carbocycles. The molecule has 4 nitrogen and oxygen atoms in total. The van der Waals surface area contributed by atoms with Gasteiger partial charge in [-0.1, -0.05) is 55.4 Å². The highest BCUT2D eigenvalue weighted by molar-refractivity contribution is 5.67. The Morgan fingerprint density at radius 2 is 1.82 bits per heavy atom. The zero-order valence-electron chi connectivity index (χ0n) is 18.1. The molecule has 156 valence electrons. The minimum absolute atomic E-state index is 0.191.